The summed E-state index contributed by atoms with van der Waals surface area (Å²) < 4.78 is 5.78. The molecule has 0 saturated carbocycles. The van der Waals surface area contributed by atoms with Gasteiger partial charge in [0.05, 0.1) is 10.7 Å². The Balaban J connectivity index is 1.34. The largest absolute Gasteiger partial charge is 0.457 e. The summed E-state index contributed by atoms with van der Waals surface area (Å²) in [6, 6.07) is 14.1. The van der Waals surface area contributed by atoms with E-state index in [-0.39, 0.29) is 11.8 Å². The van der Waals surface area contributed by atoms with E-state index in [2.05, 4.69) is 10.2 Å². The van der Waals surface area contributed by atoms with Crippen LogP contribution >= 0.6 is 34.8 Å². The van der Waals surface area contributed by atoms with E-state index >= 15 is 0 Å². The first kappa shape index (κ1) is 26.1. The second-order valence-corrected chi connectivity index (χ2v) is 9.75. The molecule has 1 aromatic heterocycles. The number of nitrogens with zero attached hydrogens (tertiary/aromatic N) is 2. The average Bonchev–Trinajstić information content (AvgIpc) is 3.32. The smallest absolute Gasteiger partial charge is 0.248 e. The molecule has 1 aliphatic rings. The first-order valence-electron chi connectivity index (χ1n) is 11.7. The minimum absolute atomic E-state index is 0.203. The number of nitrogens with one attached hydrogen (secondary N) is 1. The van der Waals surface area contributed by atoms with Gasteiger partial charge in [-0.15, -0.1) is 0 Å². The molecule has 1 fully saturated rings. The fourth-order valence-electron chi connectivity index (χ4n) is 4.05. The molecule has 2 aromatic carbocycles. The van der Waals surface area contributed by atoms with Crippen LogP contribution in [0.3, 0.4) is 0 Å². The first-order valence-corrected chi connectivity index (χ1v) is 12.8. The summed E-state index contributed by atoms with van der Waals surface area (Å²) in [6.07, 6.45) is 4.41. The molecule has 9 heteroatoms. The predicted molar refractivity (Wildman–Crippen MR) is 147 cm³/mol. The number of carbonyl (C=O) groups excluding carboxylic acids is 2. The van der Waals surface area contributed by atoms with Crippen LogP contribution in [0, 0.1) is 0 Å². The standard InChI is InChI=1S/C27H26Cl3N3O3/c1-2-3-27(35)33-12-10-32(11-13-33)24-7-4-21(17-23(24)30)31-26(34)9-6-22-5-8-25(36-22)18-14-19(28)16-20(29)15-18/h4-9,14-17H,2-3,10-13H2,1H3,(H,31,34)/b9-6+. The molecule has 0 aliphatic carbocycles. The number of anilines is 2. The number of halogens is 3. The molecular formula is C27H26Cl3N3O3. The van der Waals surface area contributed by atoms with Crippen molar-refractivity contribution in [3.05, 3.63) is 75.4 Å². The lowest BCUT2D eigenvalue weighted by atomic mass is 10.2. The van der Waals surface area contributed by atoms with Gasteiger partial charge in [-0.3, -0.25) is 9.59 Å². The topological polar surface area (TPSA) is 65.8 Å². The summed E-state index contributed by atoms with van der Waals surface area (Å²) >= 11 is 18.6. The van der Waals surface area contributed by atoms with Gasteiger partial charge in [0, 0.05) is 60.0 Å². The Hall–Kier alpha value is -2.93. The molecule has 0 radical (unpaired) electrons. The number of hydrogen-bond acceptors (Lipinski definition) is 4. The van der Waals surface area contributed by atoms with Crippen LogP contribution in [-0.2, 0) is 9.59 Å². The lowest BCUT2D eigenvalue weighted by molar-refractivity contribution is -0.131. The van der Waals surface area contributed by atoms with E-state index in [9.17, 15) is 9.59 Å². The van der Waals surface area contributed by atoms with Crippen molar-refractivity contribution in [2.24, 2.45) is 0 Å². The van der Waals surface area contributed by atoms with Gasteiger partial charge < -0.3 is 19.5 Å². The summed E-state index contributed by atoms with van der Waals surface area (Å²) in [5, 5.41) is 4.38. The fraction of sp³-hybridized carbons (Fsp3) is 0.259. The van der Waals surface area contributed by atoms with Gasteiger partial charge in [0.2, 0.25) is 11.8 Å². The Bertz CT molecular complexity index is 1260. The molecule has 0 atom stereocenters. The van der Waals surface area contributed by atoms with Gasteiger partial charge in [-0.25, -0.2) is 0 Å². The number of amides is 2. The second-order valence-electron chi connectivity index (χ2n) is 8.47. The average molecular weight is 547 g/mol. The van der Waals surface area contributed by atoms with E-state index in [1.165, 1.54) is 6.08 Å². The van der Waals surface area contributed by atoms with Crippen LogP contribution in [0.2, 0.25) is 15.1 Å². The molecule has 0 unspecified atom stereocenters. The molecule has 3 aromatic rings. The summed E-state index contributed by atoms with van der Waals surface area (Å²) in [5.41, 5.74) is 2.22. The van der Waals surface area contributed by atoms with E-state index in [0.29, 0.717) is 51.8 Å². The highest BCUT2D eigenvalue weighted by Gasteiger charge is 2.22. The van der Waals surface area contributed by atoms with Crippen LogP contribution in [0.5, 0.6) is 0 Å². The molecule has 36 heavy (non-hydrogen) atoms. The number of benzene rings is 2. The molecule has 2 amide bonds. The Kier molecular flexibility index (Phi) is 8.62. The third-order valence-electron chi connectivity index (χ3n) is 5.82. The molecule has 0 spiro atoms. The molecule has 1 saturated heterocycles. The van der Waals surface area contributed by atoms with Crippen molar-refractivity contribution >= 4 is 64.1 Å². The van der Waals surface area contributed by atoms with Gasteiger partial charge >= 0.3 is 0 Å². The highest BCUT2D eigenvalue weighted by Crippen LogP contribution is 2.31. The Morgan fingerprint density at radius 2 is 1.69 bits per heavy atom. The van der Waals surface area contributed by atoms with Gasteiger partial charge in [-0.05, 0) is 61.0 Å². The highest BCUT2D eigenvalue weighted by molar-refractivity contribution is 6.35. The van der Waals surface area contributed by atoms with Gasteiger partial charge in [-0.1, -0.05) is 41.7 Å². The normalized spacial score (nSPS) is 13.9. The number of hydrogen-bond donors (Lipinski definition) is 1. The maximum atomic E-state index is 12.4. The molecule has 1 aliphatic heterocycles. The zero-order valence-corrected chi connectivity index (χ0v) is 22.0. The lowest BCUT2D eigenvalue weighted by Gasteiger charge is -2.36. The third-order valence-corrected chi connectivity index (χ3v) is 6.56. The van der Waals surface area contributed by atoms with Crippen LogP contribution in [0.4, 0.5) is 11.4 Å². The van der Waals surface area contributed by atoms with Crippen LogP contribution in [0.25, 0.3) is 17.4 Å². The third kappa shape index (κ3) is 6.64. The monoisotopic (exact) mass is 545 g/mol. The maximum Gasteiger partial charge on any atom is 0.248 e. The molecule has 188 valence electrons. The number of rotatable bonds is 7. The number of carbonyl (C=O) groups is 2. The Morgan fingerprint density at radius 3 is 2.36 bits per heavy atom. The van der Waals surface area contributed by atoms with Gasteiger partial charge in [-0.2, -0.15) is 0 Å². The molecular weight excluding hydrogens is 521 g/mol. The lowest BCUT2D eigenvalue weighted by Crippen LogP contribution is -2.48. The Labute approximate surface area is 225 Å². The molecule has 2 heterocycles. The second kappa shape index (κ2) is 11.9. The number of furan rings is 1. The minimum atomic E-state index is -0.314. The van der Waals surface area contributed by atoms with E-state index in [0.717, 1.165) is 30.8 Å². The van der Waals surface area contributed by atoms with Crippen molar-refractivity contribution in [1.82, 2.24) is 4.90 Å². The molecule has 1 N–H and O–H groups in total. The Morgan fingerprint density at radius 1 is 0.972 bits per heavy atom. The van der Waals surface area contributed by atoms with E-state index in [4.69, 9.17) is 39.2 Å². The highest BCUT2D eigenvalue weighted by atomic mass is 35.5. The summed E-state index contributed by atoms with van der Waals surface area (Å²) in [7, 11) is 0. The van der Waals surface area contributed by atoms with Crippen molar-refractivity contribution in [2.45, 2.75) is 19.8 Å². The SMILES string of the molecule is CCCC(=O)N1CCN(c2ccc(NC(=O)/C=C/c3ccc(-c4cc(Cl)cc(Cl)c4)o3)cc2Cl)CC1. The summed E-state index contributed by atoms with van der Waals surface area (Å²) in [5.74, 6) is 0.998. The number of piperazine rings is 1. The van der Waals surface area contributed by atoms with Crippen LogP contribution in [0.15, 0.2) is 59.0 Å². The summed E-state index contributed by atoms with van der Waals surface area (Å²) in [6.45, 7) is 4.80. The minimum Gasteiger partial charge on any atom is -0.457 e. The van der Waals surface area contributed by atoms with Gasteiger partial charge in [0.1, 0.15) is 11.5 Å². The van der Waals surface area contributed by atoms with Crippen molar-refractivity contribution in [2.75, 3.05) is 36.4 Å². The van der Waals surface area contributed by atoms with Crippen LogP contribution in [-0.4, -0.2) is 42.9 Å². The van der Waals surface area contributed by atoms with Crippen molar-refractivity contribution < 1.29 is 14.0 Å². The van der Waals surface area contributed by atoms with E-state index < -0.39 is 0 Å². The fourth-order valence-corrected chi connectivity index (χ4v) is 4.87. The predicted octanol–water partition coefficient (Wildman–Crippen LogP) is 7.01. The van der Waals surface area contributed by atoms with Crippen molar-refractivity contribution in [3.8, 4) is 11.3 Å². The van der Waals surface area contributed by atoms with Gasteiger partial charge in [0.15, 0.2) is 0 Å². The van der Waals surface area contributed by atoms with Crippen molar-refractivity contribution in [1.29, 1.82) is 0 Å². The summed E-state index contributed by atoms with van der Waals surface area (Å²) in [4.78, 5) is 28.6. The van der Waals surface area contributed by atoms with Crippen LogP contribution < -0.4 is 10.2 Å². The maximum absolute atomic E-state index is 12.4. The zero-order chi connectivity index (χ0) is 25.7. The molecule has 0 bridgehead atoms. The molecule has 6 nitrogen and oxygen atoms in total. The van der Waals surface area contributed by atoms with E-state index in [1.807, 2.05) is 24.0 Å². The first-order chi connectivity index (χ1) is 17.3. The van der Waals surface area contributed by atoms with Crippen molar-refractivity contribution in [3.63, 3.8) is 0 Å². The zero-order valence-electron chi connectivity index (χ0n) is 19.8. The van der Waals surface area contributed by atoms with Gasteiger partial charge in [0.25, 0.3) is 0 Å². The van der Waals surface area contributed by atoms with E-state index in [1.54, 1.807) is 42.5 Å². The quantitative estimate of drug-likeness (QED) is 0.324. The van der Waals surface area contributed by atoms with Crippen LogP contribution in [0.1, 0.15) is 25.5 Å². The molecule has 4 rings (SSSR count).